The largest absolute Gasteiger partial charge is 0.456 e. The Labute approximate surface area is 236 Å². The minimum atomic E-state index is 0.911. The summed E-state index contributed by atoms with van der Waals surface area (Å²) in [5.41, 5.74) is 6.61. The zero-order chi connectivity index (χ0) is 26.9. The molecular formula is C40H24O. The molecule has 0 aliphatic carbocycles. The summed E-state index contributed by atoms with van der Waals surface area (Å²) in [6, 6.07) is 52.6. The van der Waals surface area contributed by atoms with Crippen LogP contribution in [0.5, 0.6) is 0 Å². The Morgan fingerprint density at radius 1 is 0.341 bits per heavy atom. The number of hydrogen-bond acceptors (Lipinski definition) is 1. The normalized spacial score (nSPS) is 11.9. The van der Waals surface area contributed by atoms with E-state index in [0.29, 0.717) is 0 Å². The third kappa shape index (κ3) is 3.36. The van der Waals surface area contributed by atoms with E-state index in [0.717, 1.165) is 27.5 Å². The van der Waals surface area contributed by atoms with E-state index in [-0.39, 0.29) is 0 Å². The Morgan fingerprint density at radius 2 is 1.00 bits per heavy atom. The predicted octanol–water partition coefficient (Wildman–Crippen LogP) is 11.5. The molecule has 8 aromatic carbocycles. The standard InChI is InChI=1S/C40H24O/c1-2-10-25(11-3-1)30-22-36(40-35-20-27-13-4-5-14-28(27)23-37(35)41-38(40)24-30)39-32-17-9-7-15-29(32)21-34-31-16-8-6-12-26(31)18-19-33(34)39/h1-24H. The average Bonchev–Trinajstić information content (AvgIpc) is 3.39. The van der Waals surface area contributed by atoms with E-state index in [1.165, 1.54) is 59.8 Å². The highest BCUT2D eigenvalue weighted by Gasteiger charge is 2.20. The van der Waals surface area contributed by atoms with Crippen molar-refractivity contribution in [1.82, 2.24) is 0 Å². The highest BCUT2D eigenvalue weighted by molar-refractivity contribution is 6.25. The van der Waals surface area contributed by atoms with Crippen molar-refractivity contribution in [1.29, 1.82) is 0 Å². The van der Waals surface area contributed by atoms with Crippen LogP contribution in [-0.4, -0.2) is 0 Å². The van der Waals surface area contributed by atoms with Gasteiger partial charge in [-0.3, -0.25) is 0 Å². The summed E-state index contributed by atoms with van der Waals surface area (Å²) in [6.45, 7) is 0. The Hall–Kier alpha value is -5.40. The van der Waals surface area contributed by atoms with Crippen molar-refractivity contribution in [3.8, 4) is 22.3 Å². The van der Waals surface area contributed by atoms with Crippen molar-refractivity contribution in [2.75, 3.05) is 0 Å². The van der Waals surface area contributed by atoms with Crippen LogP contribution in [0.1, 0.15) is 0 Å². The second-order valence-electron chi connectivity index (χ2n) is 10.9. The third-order valence-corrected chi connectivity index (χ3v) is 8.59. The summed E-state index contributed by atoms with van der Waals surface area (Å²) >= 11 is 0. The fraction of sp³-hybridized carbons (Fsp3) is 0. The zero-order valence-electron chi connectivity index (χ0n) is 22.3. The molecule has 41 heavy (non-hydrogen) atoms. The molecule has 0 saturated carbocycles. The van der Waals surface area contributed by atoms with Gasteiger partial charge in [0.1, 0.15) is 11.2 Å². The first-order valence-electron chi connectivity index (χ1n) is 14.1. The van der Waals surface area contributed by atoms with E-state index in [1.807, 2.05) is 0 Å². The van der Waals surface area contributed by atoms with Crippen LogP contribution in [0.4, 0.5) is 0 Å². The van der Waals surface area contributed by atoms with Crippen LogP contribution in [0, 0.1) is 0 Å². The van der Waals surface area contributed by atoms with Gasteiger partial charge < -0.3 is 4.42 Å². The smallest absolute Gasteiger partial charge is 0.136 e. The van der Waals surface area contributed by atoms with Crippen molar-refractivity contribution in [3.63, 3.8) is 0 Å². The van der Waals surface area contributed by atoms with Gasteiger partial charge in [-0.1, -0.05) is 115 Å². The minimum absolute atomic E-state index is 0.911. The molecule has 9 aromatic rings. The first-order chi connectivity index (χ1) is 20.3. The molecule has 0 unspecified atom stereocenters. The van der Waals surface area contributed by atoms with Gasteiger partial charge in [0.2, 0.25) is 0 Å². The SMILES string of the molecule is c1ccc(-c2cc(-c3c4ccccc4cc4c3ccc3ccccc34)c3c(c2)oc2cc4ccccc4cc23)cc1. The Bertz CT molecular complexity index is 2460. The van der Waals surface area contributed by atoms with Gasteiger partial charge in [0.25, 0.3) is 0 Å². The molecule has 0 aliphatic heterocycles. The lowest BCUT2D eigenvalue weighted by Crippen LogP contribution is -1.89. The summed E-state index contributed by atoms with van der Waals surface area (Å²) < 4.78 is 6.68. The van der Waals surface area contributed by atoms with Crippen LogP contribution in [0.15, 0.2) is 150 Å². The summed E-state index contributed by atoms with van der Waals surface area (Å²) in [5, 5.41) is 12.3. The Kier molecular flexibility index (Phi) is 4.67. The van der Waals surface area contributed by atoms with E-state index in [9.17, 15) is 0 Å². The van der Waals surface area contributed by atoms with Crippen LogP contribution in [-0.2, 0) is 0 Å². The number of fused-ring (bicyclic) bond motifs is 8. The molecule has 0 radical (unpaired) electrons. The van der Waals surface area contributed by atoms with Crippen molar-refractivity contribution in [3.05, 3.63) is 146 Å². The number of benzene rings is 8. The Balaban J connectivity index is 1.51. The van der Waals surface area contributed by atoms with Gasteiger partial charge in [-0.2, -0.15) is 0 Å². The van der Waals surface area contributed by atoms with Gasteiger partial charge in [-0.25, -0.2) is 0 Å². The predicted molar refractivity (Wildman–Crippen MR) is 175 cm³/mol. The van der Waals surface area contributed by atoms with Crippen LogP contribution < -0.4 is 0 Å². The molecule has 0 saturated heterocycles. The van der Waals surface area contributed by atoms with Crippen LogP contribution in [0.25, 0.3) is 87.3 Å². The number of rotatable bonds is 2. The van der Waals surface area contributed by atoms with E-state index in [1.54, 1.807) is 0 Å². The fourth-order valence-corrected chi connectivity index (χ4v) is 6.70. The average molecular weight is 521 g/mol. The Morgan fingerprint density at radius 3 is 1.83 bits per heavy atom. The maximum Gasteiger partial charge on any atom is 0.136 e. The van der Waals surface area contributed by atoms with Crippen molar-refractivity contribution in [2.24, 2.45) is 0 Å². The minimum Gasteiger partial charge on any atom is -0.456 e. The molecule has 0 aliphatic rings. The molecule has 190 valence electrons. The highest BCUT2D eigenvalue weighted by Crippen LogP contribution is 2.46. The van der Waals surface area contributed by atoms with Crippen LogP contribution >= 0.6 is 0 Å². The molecule has 9 rings (SSSR count). The lowest BCUT2D eigenvalue weighted by Gasteiger charge is -2.16. The lowest BCUT2D eigenvalue weighted by molar-refractivity contribution is 0.669. The maximum absolute atomic E-state index is 6.68. The van der Waals surface area contributed by atoms with Gasteiger partial charge >= 0.3 is 0 Å². The maximum atomic E-state index is 6.68. The van der Waals surface area contributed by atoms with E-state index in [2.05, 4.69) is 146 Å². The van der Waals surface area contributed by atoms with Crippen molar-refractivity contribution < 1.29 is 4.42 Å². The third-order valence-electron chi connectivity index (χ3n) is 8.59. The summed E-state index contributed by atoms with van der Waals surface area (Å²) in [4.78, 5) is 0. The van der Waals surface area contributed by atoms with Crippen LogP contribution in [0.3, 0.4) is 0 Å². The highest BCUT2D eigenvalue weighted by atomic mass is 16.3. The van der Waals surface area contributed by atoms with Crippen molar-refractivity contribution >= 4 is 65.0 Å². The summed E-state index contributed by atoms with van der Waals surface area (Å²) in [7, 11) is 0. The topological polar surface area (TPSA) is 13.1 Å². The second-order valence-corrected chi connectivity index (χ2v) is 10.9. The fourth-order valence-electron chi connectivity index (χ4n) is 6.70. The first kappa shape index (κ1) is 22.4. The van der Waals surface area contributed by atoms with Crippen molar-refractivity contribution in [2.45, 2.75) is 0 Å². The van der Waals surface area contributed by atoms with Gasteiger partial charge in [-0.05, 0) is 95.7 Å². The quantitative estimate of drug-likeness (QED) is 0.163. The molecule has 0 amide bonds. The molecule has 0 fully saturated rings. The molecule has 0 atom stereocenters. The van der Waals surface area contributed by atoms with E-state index < -0.39 is 0 Å². The van der Waals surface area contributed by atoms with E-state index >= 15 is 0 Å². The molecule has 1 heteroatoms. The molecule has 0 bridgehead atoms. The van der Waals surface area contributed by atoms with Crippen LogP contribution in [0.2, 0.25) is 0 Å². The first-order valence-corrected chi connectivity index (χ1v) is 14.1. The number of furan rings is 1. The van der Waals surface area contributed by atoms with Gasteiger partial charge in [0, 0.05) is 10.8 Å². The zero-order valence-corrected chi connectivity index (χ0v) is 22.3. The molecule has 1 aromatic heterocycles. The monoisotopic (exact) mass is 520 g/mol. The molecule has 0 spiro atoms. The summed E-state index contributed by atoms with van der Waals surface area (Å²) in [5.74, 6) is 0. The summed E-state index contributed by atoms with van der Waals surface area (Å²) in [6.07, 6.45) is 0. The van der Waals surface area contributed by atoms with E-state index in [4.69, 9.17) is 4.42 Å². The molecule has 0 N–H and O–H groups in total. The molecule has 1 heterocycles. The molecule has 1 nitrogen and oxygen atoms in total. The van der Waals surface area contributed by atoms with Gasteiger partial charge in [0.15, 0.2) is 0 Å². The number of hydrogen-bond donors (Lipinski definition) is 0. The lowest BCUT2D eigenvalue weighted by atomic mass is 9.86. The molecular weight excluding hydrogens is 496 g/mol. The second kappa shape index (κ2) is 8.55. The van der Waals surface area contributed by atoms with Gasteiger partial charge in [-0.15, -0.1) is 0 Å². The van der Waals surface area contributed by atoms with Gasteiger partial charge in [0.05, 0.1) is 0 Å².